The van der Waals surface area contributed by atoms with E-state index in [1.807, 2.05) is 24.3 Å². The summed E-state index contributed by atoms with van der Waals surface area (Å²) in [6.45, 7) is 0.426. The molecule has 1 aromatic heterocycles. The third kappa shape index (κ3) is 4.07. The molecule has 1 aliphatic rings. The molecule has 1 fully saturated rings. The summed E-state index contributed by atoms with van der Waals surface area (Å²) < 4.78 is 17.6. The van der Waals surface area contributed by atoms with Crippen molar-refractivity contribution in [2.45, 2.75) is 25.3 Å². The second-order valence-electron chi connectivity index (χ2n) is 7.07. The van der Waals surface area contributed by atoms with Crippen LogP contribution in [-0.2, 0) is 6.54 Å². The molecule has 0 radical (unpaired) electrons. The van der Waals surface area contributed by atoms with Crippen LogP contribution in [0.5, 0.6) is 17.2 Å². The summed E-state index contributed by atoms with van der Waals surface area (Å²) in [5.41, 5.74) is 1.45. The van der Waals surface area contributed by atoms with E-state index in [4.69, 9.17) is 14.2 Å². The van der Waals surface area contributed by atoms with Gasteiger partial charge in [-0.3, -0.25) is 4.79 Å². The third-order valence-electron chi connectivity index (χ3n) is 4.99. The van der Waals surface area contributed by atoms with Crippen LogP contribution in [0.1, 0.15) is 40.8 Å². The summed E-state index contributed by atoms with van der Waals surface area (Å²) in [4.78, 5) is 17.7. The van der Waals surface area contributed by atoms with Crippen molar-refractivity contribution in [2.24, 2.45) is 0 Å². The van der Waals surface area contributed by atoms with Crippen LogP contribution in [0.3, 0.4) is 0 Å². The lowest BCUT2D eigenvalue weighted by molar-refractivity contribution is 0.101. The Morgan fingerprint density at radius 1 is 1.03 bits per heavy atom. The number of hydrogen-bond acceptors (Lipinski definition) is 6. The summed E-state index contributed by atoms with van der Waals surface area (Å²) in [6.07, 6.45) is 2.10. The van der Waals surface area contributed by atoms with Crippen LogP contribution >= 0.6 is 0 Å². The highest BCUT2D eigenvalue weighted by Crippen LogP contribution is 2.38. The molecule has 0 bridgehead atoms. The molecule has 0 atom stereocenters. The van der Waals surface area contributed by atoms with Crippen molar-refractivity contribution < 1.29 is 19.0 Å². The Morgan fingerprint density at radius 2 is 1.70 bits per heavy atom. The van der Waals surface area contributed by atoms with Gasteiger partial charge in [-0.2, -0.15) is 5.10 Å². The van der Waals surface area contributed by atoms with E-state index in [0.717, 1.165) is 24.2 Å². The second kappa shape index (κ2) is 8.44. The summed E-state index contributed by atoms with van der Waals surface area (Å²) >= 11 is 0. The monoisotopic (exact) mass is 408 g/mol. The molecule has 8 heteroatoms. The molecule has 4 rings (SSSR count). The summed E-state index contributed by atoms with van der Waals surface area (Å²) in [5.74, 6) is 2.71. The molecule has 0 spiro atoms. The van der Waals surface area contributed by atoms with Gasteiger partial charge in [-0.1, -0.05) is 18.2 Å². The Labute approximate surface area is 174 Å². The fourth-order valence-corrected chi connectivity index (χ4v) is 3.20. The largest absolute Gasteiger partial charge is 0.497 e. The van der Waals surface area contributed by atoms with Gasteiger partial charge in [0.2, 0.25) is 5.82 Å². The summed E-state index contributed by atoms with van der Waals surface area (Å²) in [6, 6.07) is 13.0. The Kier molecular flexibility index (Phi) is 5.56. The average Bonchev–Trinajstić information content (AvgIpc) is 3.54. The molecular formula is C22H24N4O4. The quantitative estimate of drug-likeness (QED) is 0.614. The number of aromatic nitrogens is 3. The molecular weight excluding hydrogens is 384 g/mol. The van der Waals surface area contributed by atoms with Crippen molar-refractivity contribution in [1.82, 2.24) is 14.8 Å². The van der Waals surface area contributed by atoms with E-state index in [1.165, 1.54) is 0 Å². The lowest BCUT2D eigenvalue weighted by atomic mass is 10.2. The molecule has 0 aliphatic heterocycles. The van der Waals surface area contributed by atoms with E-state index in [2.05, 4.69) is 15.4 Å². The maximum absolute atomic E-state index is 13.2. The van der Waals surface area contributed by atoms with Crippen LogP contribution in [-0.4, -0.2) is 42.0 Å². The number of carbonyl (C=O) groups excluding carboxylic acids is 1. The average molecular weight is 408 g/mol. The molecule has 156 valence electrons. The number of amides is 1. The summed E-state index contributed by atoms with van der Waals surface area (Å²) in [5, 5.41) is 7.49. The molecule has 1 amide bonds. The zero-order valence-electron chi connectivity index (χ0n) is 17.2. The number of ether oxygens (including phenoxy) is 3. The minimum absolute atomic E-state index is 0.251. The molecule has 30 heavy (non-hydrogen) atoms. The Morgan fingerprint density at radius 3 is 2.27 bits per heavy atom. The Bertz CT molecular complexity index is 1020. The minimum atomic E-state index is -0.370. The van der Waals surface area contributed by atoms with Crippen molar-refractivity contribution in [1.29, 1.82) is 0 Å². The van der Waals surface area contributed by atoms with Crippen molar-refractivity contribution >= 4 is 11.6 Å². The van der Waals surface area contributed by atoms with E-state index in [1.54, 1.807) is 44.2 Å². The van der Waals surface area contributed by atoms with Crippen LogP contribution in [0.4, 0.5) is 5.69 Å². The van der Waals surface area contributed by atoms with Gasteiger partial charge in [0.1, 0.15) is 22.9 Å². The van der Waals surface area contributed by atoms with Gasteiger partial charge in [-0.05, 0) is 42.7 Å². The topological polar surface area (TPSA) is 87.5 Å². The number of methoxy groups -OCH3 is 3. The predicted molar refractivity (Wildman–Crippen MR) is 112 cm³/mol. The van der Waals surface area contributed by atoms with Crippen molar-refractivity contribution in [3.05, 3.63) is 59.7 Å². The molecule has 1 saturated carbocycles. The highest BCUT2D eigenvalue weighted by atomic mass is 16.5. The summed E-state index contributed by atoms with van der Waals surface area (Å²) in [7, 11) is 4.71. The first kappa shape index (κ1) is 19.8. The number of nitrogens with zero attached hydrogens (tertiary/aromatic N) is 3. The number of anilines is 1. The van der Waals surface area contributed by atoms with Gasteiger partial charge >= 0.3 is 0 Å². The first-order valence-electron chi connectivity index (χ1n) is 9.73. The fraction of sp³-hybridized carbons (Fsp3) is 0.318. The number of para-hydroxylation sites is 1. The first-order valence-corrected chi connectivity index (χ1v) is 9.73. The standard InChI is InChI=1S/C22H24N4O4/c1-28-16-11-7-14(8-12-16)13-26-21(24-20(25-26)15-9-10-15)22(27)23-19-17(29-2)5-4-6-18(19)30-3/h4-8,11-12,15H,9-10,13H2,1-3H3,(H,23,27). The SMILES string of the molecule is COc1ccc(Cn2nc(C3CC3)nc2C(=O)Nc2c(OC)cccc2OC)cc1. The molecule has 1 N–H and O–H groups in total. The van der Waals surface area contributed by atoms with E-state index >= 15 is 0 Å². The number of benzene rings is 2. The molecule has 8 nitrogen and oxygen atoms in total. The van der Waals surface area contributed by atoms with E-state index in [-0.39, 0.29) is 11.7 Å². The van der Waals surface area contributed by atoms with Gasteiger partial charge in [-0.25, -0.2) is 9.67 Å². The lowest BCUT2D eigenvalue weighted by Crippen LogP contribution is -2.20. The normalized spacial score (nSPS) is 13.0. The number of carbonyl (C=O) groups is 1. The predicted octanol–water partition coefficient (Wildman–Crippen LogP) is 3.48. The van der Waals surface area contributed by atoms with E-state index < -0.39 is 0 Å². The highest BCUT2D eigenvalue weighted by Gasteiger charge is 2.31. The maximum atomic E-state index is 13.2. The van der Waals surface area contributed by atoms with Crippen molar-refractivity contribution in [2.75, 3.05) is 26.6 Å². The second-order valence-corrected chi connectivity index (χ2v) is 7.07. The Balaban J connectivity index is 1.63. The molecule has 0 saturated heterocycles. The van der Waals surface area contributed by atoms with Gasteiger partial charge in [-0.15, -0.1) is 0 Å². The van der Waals surface area contributed by atoms with Gasteiger partial charge in [0.25, 0.3) is 5.91 Å². The van der Waals surface area contributed by atoms with Gasteiger partial charge in [0.05, 0.1) is 27.9 Å². The number of rotatable bonds is 8. The van der Waals surface area contributed by atoms with E-state index in [0.29, 0.717) is 35.5 Å². The van der Waals surface area contributed by atoms with Gasteiger partial charge < -0.3 is 19.5 Å². The molecule has 1 aliphatic carbocycles. The van der Waals surface area contributed by atoms with E-state index in [9.17, 15) is 4.79 Å². The lowest BCUT2D eigenvalue weighted by Gasteiger charge is -2.14. The van der Waals surface area contributed by atoms with Crippen LogP contribution in [0, 0.1) is 0 Å². The first-order chi connectivity index (χ1) is 14.6. The zero-order chi connectivity index (χ0) is 21.1. The highest BCUT2D eigenvalue weighted by molar-refractivity contribution is 6.03. The molecule has 3 aromatic rings. The third-order valence-corrected chi connectivity index (χ3v) is 4.99. The minimum Gasteiger partial charge on any atom is -0.497 e. The van der Waals surface area contributed by atoms with Crippen LogP contribution in [0.25, 0.3) is 0 Å². The fourth-order valence-electron chi connectivity index (χ4n) is 3.20. The van der Waals surface area contributed by atoms with Crippen LogP contribution in [0.2, 0.25) is 0 Å². The number of nitrogens with one attached hydrogen (secondary N) is 1. The molecule has 0 unspecified atom stereocenters. The van der Waals surface area contributed by atoms with Crippen molar-refractivity contribution in [3.63, 3.8) is 0 Å². The Hall–Kier alpha value is -3.55. The number of hydrogen-bond donors (Lipinski definition) is 1. The van der Waals surface area contributed by atoms with Crippen LogP contribution in [0.15, 0.2) is 42.5 Å². The van der Waals surface area contributed by atoms with Gasteiger partial charge in [0.15, 0.2) is 5.82 Å². The zero-order valence-corrected chi connectivity index (χ0v) is 17.2. The molecule has 1 heterocycles. The smallest absolute Gasteiger partial charge is 0.293 e. The van der Waals surface area contributed by atoms with Crippen LogP contribution < -0.4 is 19.5 Å². The van der Waals surface area contributed by atoms with Crippen molar-refractivity contribution in [3.8, 4) is 17.2 Å². The maximum Gasteiger partial charge on any atom is 0.293 e. The molecule has 2 aromatic carbocycles. The van der Waals surface area contributed by atoms with Gasteiger partial charge in [0, 0.05) is 5.92 Å².